The number of thiophene rings is 1. The van der Waals surface area contributed by atoms with Crippen LogP contribution >= 0.6 is 11.3 Å². The van der Waals surface area contributed by atoms with E-state index in [1.807, 2.05) is 18.2 Å². The van der Waals surface area contributed by atoms with E-state index in [0.717, 1.165) is 23.3 Å². The van der Waals surface area contributed by atoms with Crippen molar-refractivity contribution in [2.75, 3.05) is 0 Å². The number of aliphatic hydroxyl groups excluding tert-OH is 2. The second kappa shape index (κ2) is 7.70. The molecule has 0 radical (unpaired) electrons. The molecule has 1 heterocycles. The highest BCUT2D eigenvalue weighted by molar-refractivity contribution is 7.19. The van der Waals surface area contributed by atoms with E-state index >= 15 is 0 Å². The van der Waals surface area contributed by atoms with Gasteiger partial charge in [0.1, 0.15) is 5.82 Å². The van der Waals surface area contributed by atoms with Gasteiger partial charge in [-0.15, -0.1) is 11.3 Å². The molecule has 142 valence electrons. The SMILES string of the molecule is CCC1CC(O)C(O)C(c2ccc(F)c(Cc3cc4ccccc4s3)c2)C1. The van der Waals surface area contributed by atoms with Crippen molar-refractivity contribution in [1.82, 2.24) is 0 Å². The monoisotopic (exact) mass is 384 g/mol. The molecule has 0 aliphatic heterocycles. The normalized spacial score (nSPS) is 25.8. The van der Waals surface area contributed by atoms with E-state index in [4.69, 9.17) is 0 Å². The molecule has 0 amide bonds. The average molecular weight is 385 g/mol. The van der Waals surface area contributed by atoms with Crippen molar-refractivity contribution in [3.63, 3.8) is 0 Å². The minimum Gasteiger partial charge on any atom is -0.390 e. The van der Waals surface area contributed by atoms with Gasteiger partial charge in [-0.3, -0.25) is 0 Å². The van der Waals surface area contributed by atoms with Crippen LogP contribution in [0.2, 0.25) is 0 Å². The molecule has 1 aliphatic rings. The molecule has 2 nitrogen and oxygen atoms in total. The van der Waals surface area contributed by atoms with Crippen LogP contribution in [0.4, 0.5) is 4.39 Å². The molecule has 0 saturated heterocycles. The summed E-state index contributed by atoms with van der Waals surface area (Å²) in [6.07, 6.45) is 1.52. The van der Waals surface area contributed by atoms with Gasteiger partial charge in [0.2, 0.25) is 0 Å². The van der Waals surface area contributed by atoms with Crippen LogP contribution in [0.25, 0.3) is 10.1 Å². The third kappa shape index (κ3) is 3.79. The Balaban J connectivity index is 1.62. The molecule has 3 aromatic rings. The molecule has 2 N–H and O–H groups in total. The van der Waals surface area contributed by atoms with Gasteiger partial charge < -0.3 is 10.2 Å². The number of benzene rings is 2. The lowest BCUT2D eigenvalue weighted by Crippen LogP contribution is -2.39. The number of rotatable bonds is 4. The summed E-state index contributed by atoms with van der Waals surface area (Å²) < 4.78 is 15.7. The first-order valence-corrected chi connectivity index (χ1v) is 10.5. The number of hydrogen-bond acceptors (Lipinski definition) is 3. The average Bonchev–Trinajstić information content (AvgIpc) is 3.08. The highest BCUT2D eigenvalue weighted by Crippen LogP contribution is 2.39. The summed E-state index contributed by atoms with van der Waals surface area (Å²) in [6.45, 7) is 2.11. The zero-order valence-corrected chi connectivity index (χ0v) is 16.3. The lowest BCUT2D eigenvalue weighted by Gasteiger charge is -2.37. The van der Waals surface area contributed by atoms with Crippen LogP contribution < -0.4 is 0 Å². The van der Waals surface area contributed by atoms with Gasteiger partial charge in [0, 0.05) is 21.9 Å². The Kier molecular flexibility index (Phi) is 5.31. The van der Waals surface area contributed by atoms with Crippen LogP contribution in [0.15, 0.2) is 48.5 Å². The molecule has 1 aromatic heterocycles. The first-order valence-electron chi connectivity index (χ1n) is 9.67. The number of fused-ring (bicyclic) bond motifs is 1. The fraction of sp³-hybridized carbons (Fsp3) is 0.391. The van der Waals surface area contributed by atoms with Gasteiger partial charge in [-0.25, -0.2) is 4.39 Å². The summed E-state index contributed by atoms with van der Waals surface area (Å²) in [5.41, 5.74) is 1.58. The van der Waals surface area contributed by atoms with Crippen molar-refractivity contribution in [2.45, 2.75) is 50.7 Å². The van der Waals surface area contributed by atoms with Gasteiger partial charge in [-0.05, 0) is 53.5 Å². The Morgan fingerprint density at radius 3 is 2.67 bits per heavy atom. The Bertz CT molecular complexity index is 902. The van der Waals surface area contributed by atoms with Crippen LogP contribution in [0.5, 0.6) is 0 Å². The van der Waals surface area contributed by atoms with E-state index in [0.29, 0.717) is 24.3 Å². The molecular weight excluding hydrogens is 359 g/mol. The van der Waals surface area contributed by atoms with Gasteiger partial charge in [0.05, 0.1) is 12.2 Å². The molecule has 1 aliphatic carbocycles. The van der Waals surface area contributed by atoms with Crippen molar-refractivity contribution in [2.24, 2.45) is 5.92 Å². The van der Waals surface area contributed by atoms with Crippen molar-refractivity contribution in [3.05, 3.63) is 70.4 Å². The molecular formula is C23H25FO2S. The summed E-state index contributed by atoms with van der Waals surface area (Å²) in [4.78, 5) is 1.13. The van der Waals surface area contributed by atoms with Crippen LogP contribution in [0, 0.1) is 11.7 Å². The lowest BCUT2D eigenvalue weighted by atomic mass is 9.73. The van der Waals surface area contributed by atoms with Gasteiger partial charge in [-0.1, -0.05) is 43.7 Å². The van der Waals surface area contributed by atoms with Crippen molar-refractivity contribution < 1.29 is 14.6 Å². The topological polar surface area (TPSA) is 40.5 Å². The highest BCUT2D eigenvalue weighted by Gasteiger charge is 2.36. The molecule has 4 heteroatoms. The lowest BCUT2D eigenvalue weighted by molar-refractivity contribution is -0.0400. The van der Waals surface area contributed by atoms with Crippen molar-refractivity contribution in [3.8, 4) is 0 Å². The maximum atomic E-state index is 14.5. The van der Waals surface area contributed by atoms with Crippen LogP contribution in [0.3, 0.4) is 0 Å². The quantitative estimate of drug-likeness (QED) is 0.644. The van der Waals surface area contributed by atoms with E-state index in [-0.39, 0.29) is 11.7 Å². The fourth-order valence-electron chi connectivity index (χ4n) is 4.28. The molecule has 0 spiro atoms. The molecule has 1 saturated carbocycles. The maximum absolute atomic E-state index is 14.5. The van der Waals surface area contributed by atoms with E-state index in [1.165, 1.54) is 16.2 Å². The third-order valence-corrected chi connectivity index (χ3v) is 7.00. The van der Waals surface area contributed by atoms with Gasteiger partial charge >= 0.3 is 0 Å². The summed E-state index contributed by atoms with van der Waals surface area (Å²) in [7, 11) is 0. The predicted molar refractivity (Wildman–Crippen MR) is 109 cm³/mol. The minimum atomic E-state index is -0.782. The van der Waals surface area contributed by atoms with E-state index in [9.17, 15) is 14.6 Å². The van der Waals surface area contributed by atoms with Crippen LogP contribution in [-0.4, -0.2) is 22.4 Å². The largest absolute Gasteiger partial charge is 0.390 e. The minimum absolute atomic E-state index is 0.138. The van der Waals surface area contributed by atoms with Crippen LogP contribution in [0.1, 0.15) is 48.1 Å². The first-order chi connectivity index (χ1) is 13.0. The number of aliphatic hydroxyl groups is 2. The molecule has 4 rings (SSSR count). The van der Waals surface area contributed by atoms with Crippen LogP contribution in [-0.2, 0) is 6.42 Å². The number of halogens is 1. The Morgan fingerprint density at radius 1 is 1.07 bits per heavy atom. The molecule has 2 aromatic carbocycles. The maximum Gasteiger partial charge on any atom is 0.126 e. The molecule has 4 atom stereocenters. The predicted octanol–water partition coefficient (Wildman–Crippen LogP) is 5.26. The molecule has 4 unspecified atom stereocenters. The molecule has 27 heavy (non-hydrogen) atoms. The Hall–Kier alpha value is -1.75. The van der Waals surface area contributed by atoms with E-state index in [2.05, 4.69) is 25.1 Å². The van der Waals surface area contributed by atoms with Gasteiger partial charge in [0.25, 0.3) is 0 Å². The summed E-state index contributed by atoms with van der Waals surface area (Å²) >= 11 is 1.69. The second-order valence-corrected chi connectivity index (χ2v) is 8.86. The zero-order chi connectivity index (χ0) is 19.0. The van der Waals surface area contributed by atoms with E-state index in [1.54, 1.807) is 17.4 Å². The van der Waals surface area contributed by atoms with E-state index < -0.39 is 12.2 Å². The molecule has 0 bridgehead atoms. The third-order valence-electron chi connectivity index (χ3n) is 5.89. The van der Waals surface area contributed by atoms with Gasteiger partial charge in [0.15, 0.2) is 0 Å². The summed E-state index contributed by atoms with van der Waals surface area (Å²) in [6, 6.07) is 15.5. The Labute approximate surface area is 163 Å². The standard InChI is InChI=1S/C23H25FO2S/c1-2-14-9-19(23(26)21(25)10-14)15-7-8-20(24)17(11-15)13-18-12-16-5-3-4-6-22(16)27-18/h3-8,11-12,14,19,21,23,25-26H,2,9-10,13H2,1H3. The van der Waals surface area contributed by atoms with Crippen molar-refractivity contribution in [1.29, 1.82) is 0 Å². The smallest absolute Gasteiger partial charge is 0.126 e. The highest BCUT2D eigenvalue weighted by atomic mass is 32.1. The van der Waals surface area contributed by atoms with Gasteiger partial charge in [-0.2, -0.15) is 0 Å². The number of hydrogen-bond donors (Lipinski definition) is 2. The van der Waals surface area contributed by atoms with Crippen molar-refractivity contribution >= 4 is 21.4 Å². The summed E-state index contributed by atoms with van der Waals surface area (Å²) in [5.74, 6) is 0.0408. The Morgan fingerprint density at radius 2 is 1.89 bits per heavy atom. The molecule has 1 fully saturated rings. The fourth-order valence-corrected chi connectivity index (χ4v) is 5.37. The summed E-state index contributed by atoms with van der Waals surface area (Å²) in [5, 5.41) is 21.9. The zero-order valence-electron chi connectivity index (χ0n) is 15.4. The first kappa shape index (κ1) is 18.6. The second-order valence-electron chi connectivity index (χ2n) is 7.69.